The molecule has 11 heteroatoms. The van der Waals surface area contributed by atoms with Crippen molar-refractivity contribution in [3.63, 3.8) is 0 Å². The van der Waals surface area contributed by atoms with Crippen molar-refractivity contribution in [2.75, 3.05) is 5.32 Å². The number of carbonyl (C=O) groups excluding carboxylic acids is 1. The predicted octanol–water partition coefficient (Wildman–Crippen LogP) is 3.19. The summed E-state index contributed by atoms with van der Waals surface area (Å²) in [5.74, 6) is -0.968. The minimum atomic E-state index is -4.80. The van der Waals surface area contributed by atoms with E-state index in [9.17, 15) is 22.8 Å². The molecule has 1 aromatic carbocycles. The molecule has 0 saturated heterocycles. The number of ether oxygens (including phenoxy) is 1. The Bertz CT molecular complexity index is 1140. The van der Waals surface area contributed by atoms with E-state index in [-0.39, 0.29) is 12.2 Å². The van der Waals surface area contributed by atoms with E-state index in [0.717, 1.165) is 16.8 Å². The van der Waals surface area contributed by atoms with E-state index >= 15 is 0 Å². The first kappa shape index (κ1) is 21.3. The van der Waals surface area contributed by atoms with Gasteiger partial charge in [0.2, 0.25) is 5.91 Å². The third-order valence-corrected chi connectivity index (χ3v) is 4.17. The summed E-state index contributed by atoms with van der Waals surface area (Å²) >= 11 is 0. The molecular formula is C19H20F3N5O3. The van der Waals surface area contributed by atoms with E-state index in [0.29, 0.717) is 16.6 Å². The molecule has 0 unspecified atom stereocenters. The van der Waals surface area contributed by atoms with Crippen LogP contribution in [0.3, 0.4) is 0 Å². The largest absolute Gasteiger partial charge is 0.573 e. The lowest BCUT2D eigenvalue weighted by Crippen LogP contribution is -2.33. The van der Waals surface area contributed by atoms with Gasteiger partial charge in [0, 0.05) is 11.1 Å². The molecule has 30 heavy (non-hydrogen) atoms. The molecule has 2 heterocycles. The second-order valence-electron chi connectivity index (χ2n) is 7.66. The summed E-state index contributed by atoms with van der Waals surface area (Å²) in [5.41, 5.74) is 0.222. The van der Waals surface area contributed by atoms with Gasteiger partial charge in [0.15, 0.2) is 0 Å². The number of amides is 1. The maximum Gasteiger partial charge on any atom is 0.573 e. The zero-order valence-electron chi connectivity index (χ0n) is 16.7. The number of carbonyl (C=O) groups is 1. The molecule has 3 rings (SSSR count). The summed E-state index contributed by atoms with van der Waals surface area (Å²) in [6.45, 7) is 7.05. The third kappa shape index (κ3) is 4.61. The molecule has 1 N–H and O–H groups in total. The van der Waals surface area contributed by atoms with E-state index in [4.69, 9.17) is 0 Å². The lowest BCUT2D eigenvalue weighted by atomic mass is 10.1. The molecule has 2 aromatic heterocycles. The number of alkyl halides is 3. The van der Waals surface area contributed by atoms with Crippen molar-refractivity contribution in [1.82, 2.24) is 19.6 Å². The Hall–Kier alpha value is -3.37. The van der Waals surface area contributed by atoms with Gasteiger partial charge in [0.05, 0.1) is 17.4 Å². The van der Waals surface area contributed by atoms with E-state index in [1.807, 2.05) is 20.8 Å². The van der Waals surface area contributed by atoms with Gasteiger partial charge >= 0.3 is 6.36 Å². The topological polar surface area (TPSA) is 91.0 Å². The van der Waals surface area contributed by atoms with E-state index in [1.54, 1.807) is 17.8 Å². The van der Waals surface area contributed by atoms with Gasteiger partial charge in [-0.05, 0) is 52.0 Å². The van der Waals surface area contributed by atoms with Crippen molar-refractivity contribution in [1.29, 1.82) is 0 Å². The average Bonchev–Trinajstić information content (AvgIpc) is 3.06. The molecule has 0 spiro atoms. The van der Waals surface area contributed by atoms with Crippen LogP contribution < -0.4 is 15.6 Å². The van der Waals surface area contributed by atoms with Crippen LogP contribution in [0.4, 0.5) is 18.9 Å². The van der Waals surface area contributed by atoms with Gasteiger partial charge in [0.1, 0.15) is 17.8 Å². The van der Waals surface area contributed by atoms with Crippen LogP contribution in [0, 0.1) is 6.92 Å². The number of aromatic nitrogens is 4. The van der Waals surface area contributed by atoms with Gasteiger partial charge in [-0.2, -0.15) is 10.2 Å². The monoisotopic (exact) mass is 423 g/mol. The molecule has 0 atom stereocenters. The Morgan fingerprint density at radius 2 is 1.80 bits per heavy atom. The molecular weight excluding hydrogens is 403 g/mol. The number of benzene rings is 1. The highest BCUT2D eigenvalue weighted by molar-refractivity contribution is 5.90. The van der Waals surface area contributed by atoms with Crippen LogP contribution in [0.25, 0.3) is 10.9 Å². The minimum Gasteiger partial charge on any atom is -0.406 e. The maximum absolute atomic E-state index is 12.9. The number of nitrogens with zero attached hydrogens (tertiary/aromatic N) is 4. The molecule has 0 aliphatic carbocycles. The van der Waals surface area contributed by atoms with Gasteiger partial charge in [-0.1, -0.05) is 0 Å². The number of hydrogen-bond acceptors (Lipinski definition) is 5. The summed E-state index contributed by atoms with van der Waals surface area (Å²) in [6, 6.07) is 4.67. The highest BCUT2D eigenvalue weighted by Gasteiger charge is 2.31. The van der Waals surface area contributed by atoms with Crippen LogP contribution in [0.15, 0.2) is 35.3 Å². The molecule has 0 aliphatic heterocycles. The Kier molecular flexibility index (Phi) is 5.31. The zero-order chi connectivity index (χ0) is 22.3. The van der Waals surface area contributed by atoms with E-state index in [2.05, 4.69) is 20.3 Å². The summed E-state index contributed by atoms with van der Waals surface area (Å²) in [5, 5.41) is 11.6. The smallest absolute Gasteiger partial charge is 0.406 e. The van der Waals surface area contributed by atoms with E-state index in [1.165, 1.54) is 12.1 Å². The Balaban J connectivity index is 1.82. The fourth-order valence-electron chi connectivity index (χ4n) is 2.91. The standard InChI is InChI=1S/C19H20F3N5O3/c1-11-14-9-23-27(18(2,3)4)16(14)17(29)26(25-11)10-15(28)24-12-5-7-13(8-6-12)30-19(20,21)22/h5-9H,10H2,1-4H3,(H,24,28). The number of fused-ring (bicyclic) bond motifs is 1. The van der Waals surface area contributed by atoms with Crippen LogP contribution >= 0.6 is 0 Å². The third-order valence-electron chi connectivity index (χ3n) is 4.17. The van der Waals surface area contributed by atoms with Crippen molar-refractivity contribution in [3.05, 3.63) is 46.5 Å². The summed E-state index contributed by atoms with van der Waals surface area (Å²) < 4.78 is 43.1. The number of halogens is 3. The highest BCUT2D eigenvalue weighted by Crippen LogP contribution is 2.24. The minimum absolute atomic E-state index is 0.250. The Morgan fingerprint density at radius 3 is 2.37 bits per heavy atom. The number of hydrogen-bond donors (Lipinski definition) is 1. The Labute approximate surface area is 169 Å². The van der Waals surface area contributed by atoms with Gasteiger partial charge < -0.3 is 10.1 Å². The van der Waals surface area contributed by atoms with Crippen molar-refractivity contribution in [2.45, 2.75) is 46.1 Å². The Morgan fingerprint density at radius 1 is 1.17 bits per heavy atom. The average molecular weight is 423 g/mol. The van der Waals surface area contributed by atoms with E-state index < -0.39 is 29.1 Å². The number of anilines is 1. The second-order valence-corrected chi connectivity index (χ2v) is 7.66. The predicted molar refractivity (Wildman–Crippen MR) is 103 cm³/mol. The normalized spacial score (nSPS) is 12.2. The fraction of sp³-hybridized carbons (Fsp3) is 0.368. The molecule has 160 valence electrons. The molecule has 0 fully saturated rings. The molecule has 8 nitrogen and oxygen atoms in total. The van der Waals surface area contributed by atoms with Crippen LogP contribution in [-0.4, -0.2) is 31.8 Å². The van der Waals surface area contributed by atoms with Gasteiger partial charge in [-0.15, -0.1) is 13.2 Å². The van der Waals surface area contributed by atoms with Crippen molar-refractivity contribution in [3.8, 4) is 5.75 Å². The SMILES string of the molecule is Cc1nn(CC(=O)Nc2ccc(OC(F)(F)F)cc2)c(=O)c2c1cnn2C(C)(C)C. The van der Waals surface area contributed by atoms with Crippen molar-refractivity contribution < 1.29 is 22.7 Å². The summed E-state index contributed by atoms with van der Waals surface area (Å²) in [6.07, 6.45) is -3.23. The van der Waals surface area contributed by atoms with Crippen molar-refractivity contribution >= 4 is 22.5 Å². The summed E-state index contributed by atoms with van der Waals surface area (Å²) in [4.78, 5) is 25.3. The molecule has 0 aliphatic rings. The van der Waals surface area contributed by atoms with Gasteiger partial charge in [-0.3, -0.25) is 14.3 Å². The summed E-state index contributed by atoms with van der Waals surface area (Å²) in [7, 11) is 0. The zero-order valence-corrected chi connectivity index (χ0v) is 16.7. The van der Waals surface area contributed by atoms with Crippen LogP contribution in [0.1, 0.15) is 26.5 Å². The molecule has 0 bridgehead atoms. The first-order valence-electron chi connectivity index (χ1n) is 8.97. The molecule has 0 saturated carbocycles. The molecule has 3 aromatic rings. The van der Waals surface area contributed by atoms with Crippen molar-refractivity contribution in [2.24, 2.45) is 0 Å². The first-order chi connectivity index (χ1) is 13.8. The number of rotatable bonds is 4. The number of aryl methyl sites for hydroxylation is 1. The number of nitrogens with one attached hydrogen (secondary N) is 1. The second kappa shape index (κ2) is 7.47. The lowest BCUT2D eigenvalue weighted by molar-refractivity contribution is -0.274. The maximum atomic E-state index is 12.9. The van der Waals surface area contributed by atoms with Gasteiger partial charge in [0.25, 0.3) is 5.56 Å². The molecule has 1 amide bonds. The van der Waals surface area contributed by atoms with Crippen LogP contribution in [-0.2, 0) is 16.9 Å². The lowest BCUT2D eigenvalue weighted by Gasteiger charge is -2.20. The van der Waals surface area contributed by atoms with Crippen LogP contribution in [0.2, 0.25) is 0 Å². The quantitative estimate of drug-likeness (QED) is 0.696. The highest BCUT2D eigenvalue weighted by atomic mass is 19.4. The first-order valence-corrected chi connectivity index (χ1v) is 8.97. The van der Waals surface area contributed by atoms with Gasteiger partial charge in [-0.25, -0.2) is 4.68 Å². The fourth-order valence-corrected chi connectivity index (χ4v) is 2.91. The van der Waals surface area contributed by atoms with Crippen LogP contribution in [0.5, 0.6) is 5.75 Å². The molecule has 0 radical (unpaired) electrons.